The molecule has 1 amide bonds. The monoisotopic (exact) mass is 303 g/mol. The molecule has 2 rings (SSSR count). The number of nitrogens with one attached hydrogen (secondary N) is 1. The minimum Gasteiger partial charge on any atom is -0.495 e. The largest absolute Gasteiger partial charge is 0.495 e. The lowest BCUT2D eigenvalue weighted by molar-refractivity contribution is 0.0696. The first-order chi connectivity index (χ1) is 10.4. The van der Waals surface area contributed by atoms with Gasteiger partial charge < -0.3 is 15.2 Å². The number of hydrogen-bond donors (Lipinski definition) is 2. The van der Waals surface area contributed by atoms with Crippen molar-refractivity contribution in [1.29, 1.82) is 0 Å². The van der Waals surface area contributed by atoms with Gasteiger partial charge >= 0.3 is 5.97 Å². The highest BCUT2D eigenvalue weighted by Crippen LogP contribution is 2.26. The van der Waals surface area contributed by atoms with E-state index in [0.29, 0.717) is 11.3 Å². The Morgan fingerprint density at radius 2 is 1.91 bits per heavy atom. The number of ether oxygens (including phenoxy) is 1. The van der Waals surface area contributed by atoms with E-state index in [9.17, 15) is 14.0 Å². The molecular weight excluding hydrogens is 289 g/mol. The zero-order valence-electron chi connectivity index (χ0n) is 12.0. The van der Waals surface area contributed by atoms with E-state index in [-0.39, 0.29) is 16.9 Å². The standard InChI is InChI=1S/C16H14FNO4/c1-9-3-5-11(17)8-12(9)15(19)18-13-6-4-10(16(20)21)7-14(13)22-2/h3-8H,1-2H3,(H,18,19)(H,20,21). The molecule has 0 aliphatic carbocycles. The predicted octanol–water partition coefficient (Wildman–Crippen LogP) is 3.09. The van der Waals surface area contributed by atoms with Crippen molar-refractivity contribution < 1.29 is 23.8 Å². The van der Waals surface area contributed by atoms with Crippen LogP contribution in [-0.2, 0) is 0 Å². The molecule has 6 heteroatoms. The van der Waals surface area contributed by atoms with Crippen molar-refractivity contribution in [2.75, 3.05) is 12.4 Å². The fourth-order valence-electron chi connectivity index (χ4n) is 1.96. The Labute approximate surface area is 126 Å². The van der Waals surface area contributed by atoms with Gasteiger partial charge in [0.25, 0.3) is 5.91 Å². The molecule has 0 saturated carbocycles. The second-order valence-corrected chi connectivity index (χ2v) is 4.63. The summed E-state index contributed by atoms with van der Waals surface area (Å²) in [5.41, 5.74) is 1.17. The SMILES string of the molecule is COc1cc(C(=O)O)ccc1NC(=O)c1cc(F)ccc1C. The van der Waals surface area contributed by atoms with Gasteiger partial charge in [-0.1, -0.05) is 6.07 Å². The number of carboxylic acids is 1. The first kappa shape index (κ1) is 15.5. The zero-order valence-corrected chi connectivity index (χ0v) is 12.0. The minimum absolute atomic E-state index is 0.0387. The van der Waals surface area contributed by atoms with Gasteiger partial charge in [0.1, 0.15) is 11.6 Å². The molecule has 114 valence electrons. The summed E-state index contributed by atoms with van der Waals surface area (Å²) in [4.78, 5) is 23.1. The molecule has 0 saturated heterocycles. The zero-order chi connectivity index (χ0) is 16.3. The molecule has 22 heavy (non-hydrogen) atoms. The molecule has 2 aromatic rings. The molecule has 0 aliphatic heterocycles. The lowest BCUT2D eigenvalue weighted by Crippen LogP contribution is -2.14. The number of halogens is 1. The molecule has 0 atom stereocenters. The number of amides is 1. The van der Waals surface area contributed by atoms with Crippen LogP contribution in [0.4, 0.5) is 10.1 Å². The summed E-state index contributed by atoms with van der Waals surface area (Å²) in [5.74, 6) is -1.90. The van der Waals surface area contributed by atoms with Crippen LogP contribution in [0.3, 0.4) is 0 Å². The number of methoxy groups -OCH3 is 1. The highest BCUT2D eigenvalue weighted by molar-refractivity contribution is 6.06. The quantitative estimate of drug-likeness (QED) is 0.910. The van der Waals surface area contributed by atoms with E-state index in [4.69, 9.17) is 9.84 Å². The van der Waals surface area contributed by atoms with Crippen LogP contribution in [0, 0.1) is 12.7 Å². The molecule has 0 spiro atoms. The third kappa shape index (κ3) is 3.22. The van der Waals surface area contributed by atoms with Crippen LogP contribution in [0.25, 0.3) is 0 Å². The molecule has 5 nitrogen and oxygen atoms in total. The highest BCUT2D eigenvalue weighted by Gasteiger charge is 2.14. The van der Waals surface area contributed by atoms with Crippen LogP contribution in [0.5, 0.6) is 5.75 Å². The number of carbonyl (C=O) groups is 2. The Kier molecular flexibility index (Phi) is 4.41. The van der Waals surface area contributed by atoms with Gasteiger partial charge in [0.05, 0.1) is 18.4 Å². The Hall–Kier alpha value is -2.89. The lowest BCUT2D eigenvalue weighted by atomic mass is 10.1. The van der Waals surface area contributed by atoms with Crippen LogP contribution in [0.2, 0.25) is 0 Å². The molecule has 0 unspecified atom stereocenters. The van der Waals surface area contributed by atoms with E-state index in [1.165, 1.54) is 37.4 Å². The van der Waals surface area contributed by atoms with Crippen molar-refractivity contribution in [3.63, 3.8) is 0 Å². The number of hydrogen-bond acceptors (Lipinski definition) is 3. The highest BCUT2D eigenvalue weighted by atomic mass is 19.1. The topological polar surface area (TPSA) is 75.6 Å². The first-order valence-electron chi connectivity index (χ1n) is 6.41. The van der Waals surface area contributed by atoms with Gasteiger partial charge in [0.15, 0.2) is 0 Å². The summed E-state index contributed by atoms with van der Waals surface area (Å²) in [5, 5.41) is 11.5. The van der Waals surface area contributed by atoms with E-state index in [2.05, 4.69) is 5.32 Å². The van der Waals surface area contributed by atoms with Gasteiger partial charge in [-0.3, -0.25) is 4.79 Å². The molecule has 0 aliphatic rings. The van der Waals surface area contributed by atoms with Crippen molar-refractivity contribution in [1.82, 2.24) is 0 Å². The van der Waals surface area contributed by atoms with Crippen LogP contribution in [-0.4, -0.2) is 24.1 Å². The summed E-state index contributed by atoms with van der Waals surface area (Å²) in [6, 6.07) is 8.00. The summed E-state index contributed by atoms with van der Waals surface area (Å²) >= 11 is 0. The molecule has 2 N–H and O–H groups in total. The van der Waals surface area contributed by atoms with Gasteiger partial charge in [0.2, 0.25) is 0 Å². The third-order valence-corrected chi connectivity index (χ3v) is 3.14. The Morgan fingerprint density at radius 3 is 2.55 bits per heavy atom. The average molecular weight is 303 g/mol. The fraction of sp³-hybridized carbons (Fsp3) is 0.125. The second-order valence-electron chi connectivity index (χ2n) is 4.63. The van der Waals surface area contributed by atoms with Crippen molar-refractivity contribution in [3.05, 3.63) is 58.9 Å². The number of rotatable bonds is 4. The van der Waals surface area contributed by atoms with Gasteiger partial charge in [-0.25, -0.2) is 9.18 Å². The second kappa shape index (κ2) is 6.26. The van der Waals surface area contributed by atoms with Gasteiger partial charge in [0, 0.05) is 5.56 Å². The number of aryl methyl sites for hydroxylation is 1. The van der Waals surface area contributed by atoms with Crippen molar-refractivity contribution in [2.45, 2.75) is 6.92 Å². The summed E-state index contributed by atoms with van der Waals surface area (Å²) in [7, 11) is 1.37. The van der Waals surface area contributed by atoms with Crippen molar-refractivity contribution >= 4 is 17.6 Å². The van der Waals surface area contributed by atoms with Gasteiger partial charge in [-0.05, 0) is 42.8 Å². The van der Waals surface area contributed by atoms with Crippen LogP contribution >= 0.6 is 0 Å². The van der Waals surface area contributed by atoms with Gasteiger partial charge in [-0.15, -0.1) is 0 Å². The predicted molar refractivity (Wildman–Crippen MR) is 79.0 cm³/mol. The van der Waals surface area contributed by atoms with Crippen LogP contribution in [0.1, 0.15) is 26.3 Å². The summed E-state index contributed by atoms with van der Waals surface area (Å²) in [6.45, 7) is 1.69. The lowest BCUT2D eigenvalue weighted by Gasteiger charge is -2.12. The van der Waals surface area contributed by atoms with E-state index < -0.39 is 17.7 Å². The average Bonchev–Trinajstić information content (AvgIpc) is 2.49. The minimum atomic E-state index is -1.10. The fourth-order valence-corrected chi connectivity index (χ4v) is 1.96. The number of carboxylic acid groups (broad SMARTS) is 1. The maximum absolute atomic E-state index is 13.3. The molecule has 0 fully saturated rings. The maximum Gasteiger partial charge on any atom is 0.335 e. The number of aromatic carboxylic acids is 1. The first-order valence-corrected chi connectivity index (χ1v) is 6.41. The number of benzene rings is 2. The van der Waals surface area contributed by atoms with E-state index >= 15 is 0 Å². The van der Waals surface area contributed by atoms with E-state index in [1.807, 2.05) is 0 Å². The number of carbonyl (C=O) groups excluding carboxylic acids is 1. The molecule has 0 heterocycles. The molecule has 0 bridgehead atoms. The van der Waals surface area contributed by atoms with Gasteiger partial charge in [-0.2, -0.15) is 0 Å². The Balaban J connectivity index is 2.32. The third-order valence-electron chi connectivity index (χ3n) is 3.14. The van der Waals surface area contributed by atoms with Crippen molar-refractivity contribution in [2.24, 2.45) is 0 Å². The van der Waals surface area contributed by atoms with E-state index in [1.54, 1.807) is 6.92 Å². The van der Waals surface area contributed by atoms with Crippen LogP contribution in [0.15, 0.2) is 36.4 Å². The summed E-state index contributed by atoms with van der Waals surface area (Å²) < 4.78 is 18.3. The smallest absolute Gasteiger partial charge is 0.335 e. The molecule has 2 aromatic carbocycles. The molecular formula is C16H14FNO4. The molecule has 0 radical (unpaired) electrons. The Bertz CT molecular complexity index is 743. The van der Waals surface area contributed by atoms with E-state index in [0.717, 1.165) is 6.07 Å². The normalized spacial score (nSPS) is 10.1. The van der Waals surface area contributed by atoms with Crippen LogP contribution < -0.4 is 10.1 Å². The van der Waals surface area contributed by atoms with Crippen molar-refractivity contribution in [3.8, 4) is 5.75 Å². The maximum atomic E-state index is 13.3. The number of anilines is 1. The Morgan fingerprint density at radius 1 is 1.18 bits per heavy atom. The molecule has 0 aromatic heterocycles. The summed E-state index contributed by atoms with van der Waals surface area (Å²) in [6.07, 6.45) is 0.